The fraction of sp³-hybridized carbons (Fsp3) is 0.231. The molecule has 0 aliphatic heterocycles. The van der Waals surface area contributed by atoms with Crippen LogP contribution >= 0.6 is 0 Å². The third-order valence-electron chi connectivity index (χ3n) is 2.67. The van der Waals surface area contributed by atoms with Gasteiger partial charge in [-0.1, -0.05) is 0 Å². The van der Waals surface area contributed by atoms with Gasteiger partial charge < -0.3 is 4.90 Å². The Morgan fingerprint density at radius 3 is 2.20 bits per heavy atom. The molecular formula is C13H11F4N3. The van der Waals surface area contributed by atoms with E-state index >= 15 is 0 Å². The van der Waals surface area contributed by atoms with Gasteiger partial charge in [-0.25, -0.2) is 4.39 Å². The Kier molecular flexibility index (Phi) is 3.61. The summed E-state index contributed by atoms with van der Waals surface area (Å²) in [5.41, 5.74) is -1.22. The van der Waals surface area contributed by atoms with Gasteiger partial charge in [-0.15, -0.1) is 10.2 Å². The molecule has 0 N–H and O–H groups in total. The van der Waals surface area contributed by atoms with Crippen LogP contribution in [-0.2, 0) is 6.18 Å². The van der Waals surface area contributed by atoms with E-state index in [1.165, 1.54) is 6.07 Å². The average molecular weight is 285 g/mol. The average Bonchev–Trinajstić information content (AvgIpc) is 2.38. The zero-order chi connectivity index (χ0) is 14.9. The van der Waals surface area contributed by atoms with E-state index in [0.717, 1.165) is 12.1 Å². The normalized spacial score (nSPS) is 11.5. The smallest absolute Gasteiger partial charge is 0.361 e. The van der Waals surface area contributed by atoms with Gasteiger partial charge in [-0.05, 0) is 30.3 Å². The zero-order valence-electron chi connectivity index (χ0n) is 10.7. The van der Waals surface area contributed by atoms with E-state index in [1.54, 1.807) is 25.1 Å². The van der Waals surface area contributed by atoms with E-state index < -0.39 is 17.6 Å². The van der Waals surface area contributed by atoms with Crippen molar-refractivity contribution in [3.05, 3.63) is 41.7 Å². The molecule has 0 atom stereocenters. The first-order valence-electron chi connectivity index (χ1n) is 5.67. The highest BCUT2D eigenvalue weighted by molar-refractivity contribution is 5.64. The molecule has 0 amide bonds. The Labute approximate surface area is 112 Å². The number of alkyl halides is 3. The second kappa shape index (κ2) is 5.07. The Bertz CT molecular complexity index is 606. The minimum Gasteiger partial charge on any atom is -0.361 e. The summed E-state index contributed by atoms with van der Waals surface area (Å²) in [6.45, 7) is 0. The molecule has 1 heterocycles. The Morgan fingerprint density at radius 2 is 1.70 bits per heavy atom. The van der Waals surface area contributed by atoms with Crippen molar-refractivity contribution in [1.29, 1.82) is 0 Å². The third-order valence-corrected chi connectivity index (χ3v) is 2.67. The minimum absolute atomic E-state index is 0.0444. The maximum Gasteiger partial charge on any atom is 0.417 e. The molecule has 3 nitrogen and oxygen atoms in total. The summed E-state index contributed by atoms with van der Waals surface area (Å²) < 4.78 is 51.7. The van der Waals surface area contributed by atoms with Crippen molar-refractivity contribution in [2.45, 2.75) is 6.18 Å². The molecule has 0 fully saturated rings. The van der Waals surface area contributed by atoms with E-state index in [9.17, 15) is 17.6 Å². The lowest BCUT2D eigenvalue weighted by Gasteiger charge is -2.13. The maximum absolute atomic E-state index is 13.0. The molecule has 0 spiro atoms. The molecule has 2 rings (SSSR count). The molecule has 7 heteroatoms. The van der Waals surface area contributed by atoms with Crippen LogP contribution in [0.15, 0.2) is 30.3 Å². The number of hydrogen-bond acceptors (Lipinski definition) is 3. The fourth-order valence-corrected chi connectivity index (χ4v) is 1.68. The predicted molar refractivity (Wildman–Crippen MR) is 66.8 cm³/mol. The van der Waals surface area contributed by atoms with E-state index in [1.807, 2.05) is 0 Å². The molecule has 0 saturated carbocycles. The molecule has 2 aromatic rings. The minimum atomic E-state index is -4.65. The Hall–Kier alpha value is -2.18. The van der Waals surface area contributed by atoms with Crippen LogP contribution in [0.2, 0.25) is 0 Å². The summed E-state index contributed by atoms with van der Waals surface area (Å²) in [5.74, 6) is -0.427. The van der Waals surface area contributed by atoms with Gasteiger partial charge in [-0.2, -0.15) is 13.2 Å². The lowest BCUT2D eigenvalue weighted by molar-refractivity contribution is -0.137. The summed E-state index contributed by atoms with van der Waals surface area (Å²) in [6, 6.07) is 5.44. The maximum atomic E-state index is 13.0. The van der Waals surface area contributed by atoms with Crippen molar-refractivity contribution in [3.8, 4) is 11.3 Å². The van der Waals surface area contributed by atoms with E-state index in [2.05, 4.69) is 10.2 Å². The van der Waals surface area contributed by atoms with Gasteiger partial charge in [0.05, 0.1) is 11.3 Å². The van der Waals surface area contributed by atoms with Gasteiger partial charge in [0.2, 0.25) is 0 Å². The topological polar surface area (TPSA) is 29.0 Å². The lowest BCUT2D eigenvalue weighted by Crippen LogP contribution is -2.12. The number of halogens is 4. The van der Waals surface area contributed by atoms with Crippen LogP contribution in [0.5, 0.6) is 0 Å². The van der Waals surface area contributed by atoms with Gasteiger partial charge in [0.15, 0.2) is 5.82 Å². The standard InChI is InChI=1S/C13H11F4N3/c1-20(2)12-6-5-11(18-19-12)9-4-3-8(14)7-10(9)13(15,16)17/h3-7H,1-2H3. The summed E-state index contributed by atoms with van der Waals surface area (Å²) in [7, 11) is 3.48. The van der Waals surface area contributed by atoms with E-state index in [0.29, 0.717) is 11.9 Å². The first-order chi connectivity index (χ1) is 9.29. The number of hydrogen-bond donors (Lipinski definition) is 0. The third kappa shape index (κ3) is 2.87. The summed E-state index contributed by atoms with van der Waals surface area (Å²) in [4.78, 5) is 1.67. The van der Waals surface area contributed by atoms with Crippen LogP contribution < -0.4 is 4.90 Å². The SMILES string of the molecule is CN(C)c1ccc(-c2ccc(F)cc2C(F)(F)F)nn1. The van der Waals surface area contributed by atoms with Crippen LogP contribution in [0.1, 0.15) is 5.56 Å². The van der Waals surface area contributed by atoms with Gasteiger partial charge in [0.1, 0.15) is 5.82 Å². The van der Waals surface area contributed by atoms with Crippen LogP contribution in [0.25, 0.3) is 11.3 Å². The first-order valence-corrected chi connectivity index (χ1v) is 5.67. The number of aromatic nitrogens is 2. The van der Waals surface area contributed by atoms with Crippen LogP contribution in [0.4, 0.5) is 23.4 Å². The number of nitrogens with zero attached hydrogens (tertiary/aromatic N) is 3. The van der Waals surface area contributed by atoms with Crippen molar-refractivity contribution in [2.75, 3.05) is 19.0 Å². The summed E-state index contributed by atoms with van der Waals surface area (Å²) >= 11 is 0. The number of anilines is 1. The summed E-state index contributed by atoms with van der Waals surface area (Å²) in [6.07, 6.45) is -4.65. The van der Waals surface area contributed by atoms with Gasteiger partial charge in [0.25, 0.3) is 0 Å². The number of rotatable bonds is 2. The Morgan fingerprint density at radius 1 is 1.00 bits per heavy atom. The molecule has 0 radical (unpaired) electrons. The molecular weight excluding hydrogens is 274 g/mol. The first kappa shape index (κ1) is 14.2. The molecule has 0 aliphatic carbocycles. The van der Waals surface area contributed by atoms with Crippen LogP contribution in [0.3, 0.4) is 0 Å². The lowest BCUT2D eigenvalue weighted by atomic mass is 10.0. The largest absolute Gasteiger partial charge is 0.417 e. The zero-order valence-corrected chi connectivity index (χ0v) is 10.7. The Balaban J connectivity index is 2.52. The fourth-order valence-electron chi connectivity index (χ4n) is 1.68. The van der Waals surface area contributed by atoms with E-state index in [4.69, 9.17) is 0 Å². The second-order valence-electron chi connectivity index (χ2n) is 4.36. The molecule has 20 heavy (non-hydrogen) atoms. The highest BCUT2D eigenvalue weighted by atomic mass is 19.4. The number of benzene rings is 1. The van der Waals surface area contributed by atoms with Gasteiger partial charge in [-0.3, -0.25) is 0 Å². The van der Waals surface area contributed by atoms with Crippen molar-refractivity contribution in [3.63, 3.8) is 0 Å². The molecule has 0 bridgehead atoms. The van der Waals surface area contributed by atoms with Crippen molar-refractivity contribution < 1.29 is 17.6 Å². The van der Waals surface area contributed by atoms with Gasteiger partial charge >= 0.3 is 6.18 Å². The predicted octanol–water partition coefficient (Wildman–Crippen LogP) is 3.37. The molecule has 0 aliphatic rings. The molecule has 1 aromatic carbocycles. The molecule has 0 saturated heterocycles. The van der Waals surface area contributed by atoms with Crippen LogP contribution in [0, 0.1) is 5.82 Å². The van der Waals surface area contributed by atoms with E-state index in [-0.39, 0.29) is 11.3 Å². The van der Waals surface area contributed by atoms with Crippen molar-refractivity contribution >= 4 is 5.82 Å². The summed E-state index contributed by atoms with van der Waals surface area (Å²) in [5, 5.41) is 7.57. The van der Waals surface area contributed by atoms with Gasteiger partial charge in [0, 0.05) is 19.7 Å². The molecule has 0 unspecified atom stereocenters. The second-order valence-corrected chi connectivity index (χ2v) is 4.36. The monoisotopic (exact) mass is 285 g/mol. The molecule has 106 valence electrons. The van der Waals surface area contributed by atoms with Crippen molar-refractivity contribution in [2.24, 2.45) is 0 Å². The molecule has 1 aromatic heterocycles. The van der Waals surface area contributed by atoms with Crippen molar-refractivity contribution in [1.82, 2.24) is 10.2 Å². The highest BCUT2D eigenvalue weighted by Crippen LogP contribution is 2.36. The quantitative estimate of drug-likeness (QED) is 0.792. The highest BCUT2D eigenvalue weighted by Gasteiger charge is 2.34. The van der Waals surface area contributed by atoms with Crippen LogP contribution in [-0.4, -0.2) is 24.3 Å².